The molecule has 1 aromatic carbocycles. The first-order valence-corrected chi connectivity index (χ1v) is 8.89. The van der Waals surface area contributed by atoms with Crippen LogP contribution in [0, 0.1) is 5.41 Å². The standard InChI is InChI=1S/C19H26N4O2/c1-2-19(15-24)8-12-22(13-9-19)18(25)20-14-16-6-3-4-7-17(16)23-11-5-10-21-23/h3-7,10-11,24H,2,8-9,12-15H2,1H3,(H,20,25). The fraction of sp³-hybridized carbons (Fsp3) is 0.474. The molecular weight excluding hydrogens is 316 g/mol. The Morgan fingerprint density at radius 3 is 2.68 bits per heavy atom. The summed E-state index contributed by atoms with van der Waals surface area (Å²) < 4.78 is 1.80. The van der Waals surface area contributed by atoms with Crippen molar-refractivity contribution < 1.29 is 9.90 Å². The number of carbonyl (C=O) groups is 1. The number of nitrogens with zero attached hydrogens (tertiary/aromatic N) is 3. The topological polar surface area (TPSA) is 70.4 Å². The highest BCUT2D eigenvalue weighted by atomic mass is 16.3. The van der Waals surface area contributed by atoms with E-state index in [0.29, 0.717) is 19.6 Å². The van der Waals surface area contributed by atoms with Gasteiger partial charge in [0, 0.05) is 38.6 Å². The second-order valence-electron chi connectivity index (χ2n) is 6.74. The van der Waals surface area contributed by atoms with Crippen LogP contribution in [0.5, 0.6) is 0 Å². The number of aromatic nitrogens is 2. The van der Waals surface area contributed by atoms with E-state index in [9.17, 15) is 9.90 Å². The SMILES string of the molecule is CCC1(CO)CCN(C(=O)NCc2ccccc2-n2cccn2)CC1. The molecule has 0 spiro atoms. The highest BCUT2D eigenvalue weighted by Gasteiger charge is 2.33. The number of aliphatic hydroxyl groups is 1. The van der Waals surface area contributed by atoms with E-state index in [1.54, 1.807) is 10.9 Å². The predicted octanol–water partition coefficient (Wildman–Crippen LogP) is 2.57. The molecular formula is C19H26N4O2. The molecule has 1 aliphatic rings. The fourth-order valence-corrected chi connectivity index (χ4v) is 3.39. The number of hydrogen-bond donors (Lipinski definition) is 2. The molecule has 6 nitrogen and oxygen atoms in total. The number of piperidine rings is 1. The number of aliphatic hydroxyl groups excluding tert-OH is 1. The Morgan fingerprint density at radius 2 is 2.04 bits per heavy atom. The van der Waals surface area contributed by atoms with Gasteiger partial charge in [0.2, 0.25) is 0 Å². The third-order valence-corrected chi connectivity index (χ3v) is 5.37. The fourth-order valence-electron chi connectivity index (χ4n) is 3.39. The van der Waals surface area contributed by atoms with E-state index in [1.165, 1.54) is 0 Å². The summed E-state index contributed by atoms with van der Waals surface area (Å²) in [5, 5.41) is 16.9. The van der Waals surface area contributed by atoms with Gasteiger partial charge in [0.1, 0.15) is 0 Å². The number of amides is 2. The van der Waals surface area contributed by atoms with E-state index in [2.05, 4.69) is 17.3 Å². The number of urea groups is 1. The Bertz CT molecular complexity index is 685. The second kappa shape index (κ2) is 7.70. The van der Waals surface area contributed by atoms with Crippen LogP contribution in [0.25, 0.3) is 5.69 Å². The minimum absolute atomic E-state index is 0.0104. The monoisotopic (exact) mass is 342 g/mol. The van der Waals surface area contributed by atoms with Crippen molar-refractivity contribution in [3.05, 3.63) is 48.3 Å². The van der Waals surface area contributed by atoms with Crippen LogP contribution >= 0.6 is 0 Å². The molecule has 0 bridgehead atoms. The Labute approximate surface area is 148 Å². The van der Waals surface area contributed by atoms with Crippen molar-refractivity contribution in [1.82, 2.24) is 20.0 Å². The van der Waals surface area contributed by atoms with Crippen molar-refractivity contribution in [3.63, 3.8) is 0 Å². The van der Waals surface area contributed by atoms with Gasteiger partial charge in [-0.1, -0.05) is 25.1 Å². The summed E-state index contributed by atoms with van der Waals surface area (Å²) >= 11 is 0. The van der Waals surface area contributed by atoms with E-state index in [-0.39, 0.29) is 18.1 Å². The van der Waals surface area contributed by atoms with Gasteiger partial charge in [-0.3, -0.25) is 0 Å². The minimum Gasteiger partial charge on any atom is -0.396 e. The first kappa shape index (κ1) is 17.5. The van der Waals surface area contributed by atoms with Gasteiger partial charge in [0.25, 0.3) is 0 Å². The van der Waals surface area contributed by atoms with Gasteiger partial charge in [-0.15, -0.1) is 0 Å². The zero-order valence-electron chi connectivity index (χ0n) is 14.7. The van der Waals surface area contributed by atoms with E-state index >= 15 is 0 Å². The molecule has 0 saturated carbocycles. The highest BCUT2D eigenvalue weighted by Crippen LogP contribution is 2.34. The van der Waals surface area contributed by atoms with Crippen LogP contribution in [0.1, 0.15) is 31.7 Å². The lowest BCUT2D eigenvalue weighted by Gasteiger charge is -2.40. The van der Waals surface area contributed by atoms with Crippen LogP contribution in [0.2, 0.25) is 0 Å². The molecule has 134 valence electrons. The number of benzene rings is 1. The summed E-state index contributed by atoms with van der Waals surface area (Å²) in [7, 11) is 0. The van der Waals surface area contributed by atoms with Crippen molar-refractivity contribution in [2.45, 2.75) is 32.7 Å². The number of carbonyl (C=O) groups excluding carboxylic acids is 1. The summed E-state index contributed by atoms with van der Waals surface area (Å²) in [5.41, 5.74) is 1.98. The smallest absolute Gasteiger partial charge is 0.317 e. The molecule has 1 aromatic heterocycles. The number of hydrogen-bond acceptors (Lipinski definition) is 3. The average molecular weight is 342 g/mol. The average Bonchev–Trinajstić information content (AvgIpc) is 3.21. The zero-order valence-corrected chi connectivity index (χ0v) is 14.7. The Balaban J connectivity index is 1.59. The molecule has 25 heavy (non-hydrogen) atoms. The molecule has 0 unspecified atom stereocenters. The lowest BCUT2D eigenvalue weighted by atomic mass is 9.77. The molecule has 1 aliphatic heterocycles. The summed E-state index contributed by atoms with van der Waals surface area (Å²) in [6, 6.07) is 9.76. The van der Waals surface area contributed by atoms with E-state index in [0.717, 1.165) is 30.5 Å². The van der Waals surface area contributed by atoms with Crippen molar-refractivity contribution in [3.8, 4) is 5.69 Å². The van der Waals surface area contributed by atoms with Gasteiger partial charge >= 0.3 is 6.03 Å². The lowest BCUT2D eigenvalue weighted by Crippen LogP contribution is -2.48. The van der Waals surface area contributed by atoms with Gasteiger partial charge in [-0.2, -0.15) is 5.10 Å². The molecule has 1 saturated heterocycles. The van der Waals surface area contributed by atoms with Crippen LogP contribution in [-0.4, -0.2) is 45.5 Å². The first-order chi connectivity index (χ1) is 12.2. The molecule has 0 radical (unpaired) electrons. The van der Waals surface area contributed by atoms with Crippen LogP contribution < -0.4 is 5.32 Å². The third kappa shape index (κ3) is 3.85. The summed E-state index contributed by atoms with van der Waals surface area (Å²) in [6.07, 6.45) is 6.31. The lowest BCUT2D eigenvalue weighted by molar-refractivity contribution is 0.0519. The first-order valence-electron chi connectivity index (χ1n) is 8.89. The molecule has 2 heterocycles. The van der Waals surface area contributed by atoms with Gasteiger partial charge in [-0.05, 0) is 42.4 Å². The molecule has 0 atom stereocenters. The largest absolute Gasteiger partial charge is 0.396 e. The van der Waals surface area contributed by atoms with E-state index < -0.39 is 0 Å². The molecule has 2 amide bonds. The predicted molar refractivity (Wildman–Crippen MR) is 96.4 cm³/mol. The maximum atomic E-state index is 12.5. The van der Waals surface area contributed by atoms with Crippen LogP contribution in [0.4, 0.5) is 4.79 Å². The number of likely N-dealkylation sites (tertiary alicyclic amines) is 1. The van der Waals surface area contributed by atoms with Crippen LogP contribution in [0.3, 0.4) is 0 Å². The number of nitrogens with one attached hydrogen (secondary N) is 1. The maximum Gasteiger partial charge on any atom is 0.317 e. The highest BCUT2D eigenvalue weighted by molar-refractivity contribution is 5.74. The zero-order chi connectivity index (χ0) is 17.7. The van der Waals surface area contributed by atoms with Crippen molar-refractivity contribution in [2.75, 3.05) is 19.7 Å². The van der Waals surface area contributed by atoms with Gasteiger partial charge < -0.3 is 15.3 Å². The third-order valence-electron chi connectivity index (χ3n) is 5.37. The number of rotatable bonds is 5. The van der Waals surface area contributed by atoms with Crippen molar-refractivity contribution in [1.29, 1.82) is 0 Å². The molecule has 2 aromatic rings. The second-order valence-corrected chi connectivity index (χ2v) is 6.74. The molecule has 0 aliphatic carbocycles. The molecule has 6 heteroatoms. The maximum absolute atomic E-state index is 12.5. The van der Waals surface area contributed by atoms with Gasteiger partial charge in [-0.25, -0.2) is 9.48 Å². The minimum atomic E-state index is -0.0436. The van der Waals surface area contributed by atoms with Gasteiger partial charge in [0.15, 0.2) is 0 Å². The van der Waals surface area contributed by atoms with Crippen LogP contribution in [0.15, 0.2) is 42.7 Å². The summed E-state index contributed by atoms with van der Waals surface area (Å²) in [4.78, 5) is 14.3. The van der Waals surface area contributed by atoms with Crippen molar-refractivity contribution in [2.24, 2.45) is 5.41 Å². The molecule has 1 fully saturated rings. The Morgan fingerprint density at radius 1 is 1.28 bits per heavy atom. The van der Waals surface area contributed by atoms with E-state index in [4.69, 9.17) is 0 Å². The summed E-state index contributed by atoms with van der Waals surface area (Å²) in [5.74, 6) is 0. The van der Waals surface area contributed by atoms with E-state index in [1.807, 2.05) is 41.4 Å². The molecule has 2 N–H and O–H groups in total. The quantitative estimate of drug-likeness (QED) is 0.877. The Hall–Kier alpha value is -2.34. The number of para-hydroxylation sites is 1. The molecule has 3 rings (SSSR count). The van der Waals surface area contributed by atoms with Crippen LogP contribution in [-0.2, 0) is 6.54 Å². The normalized spacial score (nSPS) is 16.6. The van der Waals surface area contributed by atoms with Gasteiger partial charge in [0.05, 0.1) is 5.69 Å². The summed E-state index contributed by atoms with van der Waals surface area (Å²) in [6.45, 7) is 4.17. The Kier molecular flexibility index (Phi) is 5.38. The van der Waals surface area contributed by atoms with Crippen molar-refractivity contribution >= 4 is 6.03 Å².